The van der Waals surface area contributed by atoms with E-state index in [9.17, 15) is 14.4 Å². The minimum Gasteiger partial charge on any atom is -0.287 e. The number of benzene rings is 12. The molecule has 0 amide bonds. The zero-order valence-corrected chi connectivity index (χ0v) is 56.5. The predicted octanol–water partition coefficient (Wildman–Crippen LogP) is 21.8. The van der Waals surface area contributed by atoms with Gasteiger partial charge in [-0.3, -0.25) is 14.4 Å². The molecule has 12 rings (SSSR count). The molecule has 0 atom stereocenters. The van der Waals surface area contributed by atoms with Gasteiger partial charge in [-0.05, 0) is 66.8 Å². The Hall–Kier alpha value is -8.47. The van der Waals surface area contributed by atoms with E-state index in [1.54, 1.807) is 0 Å². The van der Waals surface area contributed by atoms with E-state index >= 15 is 0 Å². The van der Waals surface area contributed by atoms with Crippen molar-refractivity contribution >= 4 is 79.2 Å². The Bertz CT molecular complexity index is 3390. The van der Waals surface area contributed by atoms with Gasteiger partial charge in [-0.25, -0.2) is 0 Å². The van der Waals surface area contributed by atoms with Crippen LogP contribution in [0.2, 0.25) is 0 Å². The maximum absolute atomic E-state index is 12.5. The van der Waals surface area contributed by atoms with E-state index in [1.165, 1.54) is 52.0 Å². The molecule has 0 spiro atoms. The highest BCUT2D eigenvalue weighted by molar-refractivity contribution is 9.09. The second-order valence-electron chi connectivity index (χ2n) is 21.4. The molecule has 0 aliphatic rings. The highest BCUT2D eigenvalue weighted by atomic mass is 79.9. The van der Waals surface area contributed by atoms with Crippen molar-refractivity contribution in [3.05, 3.63) is 431 Å². The highest BCUT2D eigenvalue weighted by Gasteiger charge is 2.42. The zero-order valence-electron chi connectivity index (χ0n) is 51.5. The van der Waals surface area contributed by atoms with Gasteiger partial charge >= 0.3 is 0 Å². The van der Waals surface area contributed by atoms with E-state index < -0.39 is 19.0 Å². The number of carbonyl (C=O) groups excluding carboxylic acids is 3. The molecule has 0 saturated carbocycles. The minimum atomic E-state index is -0.561. The van der Waals surface area contributed by atoms with Crippen LogP contribution < -0.4 is 0 Å². The molecule has 0 fully saturated rings. The van der Waals surface area contributed by atoms with Crippen molar-refractivity contribution in [3.63, 3.8) is 0 Å². The second-order valence-corrected chi connectivity index (χ2v) is 26.5. The molecule has 0 radical (unpaired) electrons. The quantitative estimate of drug-likeness (QED) is 0.0525. The first-order valence-corrected chi connectivity index (χ1v) is 34.7. The molecule has 0 aromatic heterocycles. The van der Waals surface area contributed by atoms with Crippen LogP contribution in [0, 0.1) is 0 Å². The molecule has 0 bridgehead atoms. The summed E-state index contributed by atoms with van der Waals surface area (Å²) in [5.74, 6) is 0. The second kappa shape index (κ2) is 34.3. The van der Waals surface area contributed by atoms with Crippen LogP contribution in [0.1, 0.15) is 93.5 Å². The number of thioether (sulfide) groups is 3. The van der Waals surface area contributed by atoms with Crippen molar-refractivity contribution < 1.29 is 14.4 Å². The third kappa shape index (κ3) is 16.2. The smallest absolute Gasteiger partial charge is 0.201 e. The maximum Gasteiger partial charge on any atom is 0.201 e. The first kappa shape index (κ1) is 67.9. The van der Waals surface area contributed by atoms with Crippen LogP contribution in [-0.4, -0.2) is 20.7 Å². The molecule has 0 heterocycles. The third-order valence-corrected chi connectivity index (χ3v) is 21.8. The molecule has 92 heavy (non-hydrogen) atoms. The van der Waals surface area contributed by atoms with Crippen molar-refractivity contribution in [1.29, 1.82) is 0 Å². The molecule has 0 saturated heterocycles. The van der Waals surface area contributed by atoms with Crippen LogP contribution in [0.4, 0.5) is 0 Å². The van der Waals surface area contributed by atoms with Gasteiger partial charge in [0, 0.05) is 12.8 Å². The summed E-state index contributed by atoms with van der Waals surface area (Å²) < 4.78 is -2.05. The molecule has 0 unspecified atom stereocenters. The van der Waals surface area contributed by atoms with Gasteiger partial charge in [-0.2, -0.15) is 12.6 Å². The molecule has 8 heteroatoms. The first-order chi connectivity index (χ1) is 45.1. The van der Waals surface area contributed by atoms with Crippen molar-refractivity contribution in [3.8, 4) is 0 Å². The number of rotatable bonds is 18. The van der Waals surface area contributed by atoms with Gasteiger partial charge in [0.05, 0.1) is 24.3 Å². The Balaban J connectivity index is 0.000000145. The molecule has 3 nitrogen and oxygen atoms in total. The maximum atomic E-state index is 12.5. The summed E-state index contributed by atoms with van der Waals surface area (Å²) in [5.41, 5.74) is 13.6. The lowest BCUT2D eigenvalue weighted by Crippen LogP contribution is -2.27. The van der Waals surface area contributed by atoms with Crippen LogP contribution in [-0.2, 0) is 33.4 Å². The van der Waals surface area contributed by atoms with Gasteiger partial charge in [-0.1, -0.05) is 429 Å². The van der Waals surface area contributed by atoms with Crippen molar-refractivity contribution in [1.82, 2.24) is 0 Å². The van der Waals surface area contributed by atoms with Gasteiger partial charge in [0.2, 0.25) is 5.12 Å². The lowest BCUT2D eigenvalue weighted by molar-refractivity contribution is -0.111. The summed E-state index contributed by atoms with van der Waals surface area (Å²) in [6.45, 7) is 3.84. The Morgan fingerprint density at radius 3 is 0.511 bits per heavy atom. The fourth-order valence-corrected chi connectivity index (χ4v) is 15.8. The Labute approximate surface area is 570 Å². The molecule has 458 valence electrons. The van der Waals surface area contributed by atoms with Gasteiger partial charge in [0.1, 0.15) is 0 Å². The van der Waals surface area contributed by atoms with Crippen molar-refractivity contribution in [2.24, 2.45) is 0 Å². The van der Waals surface area contributed by atoms with E-state index in [4.69, 9.17) is 12.6 Å². The number of alkyl halides is 1. The topological polar surface area (TPSA) is 51.2 Å². The standard InChI is InChI=1S/2C22H20OS.C21H17BrOS.C19H16S/c2*1-2-21(23)24-22(18-12-6-3-7-13-18,19-14-8-4-9-15-19)20-16-10-5-11-17-20;22-16-20(23)24-21(17-10-4-1-5-11-17,18-12-6-2-7-13-18)19-14-8-3-9-15-19;20-19(16-10-4-1-5-11-16,17-12-6-2-7-13-17)18-14-8-3-9-15-18/h2*3-17H,2H2,1H3;1-15H,16H2;1-15,20H. The minimum absolute atomic E-state index is 0.103. The first-order valence-electron chi connectivity index (χ1n) is 30.7. The summed E-state index contributed by atoms with van der Waals surface area (Å²) >= 11 is 12.6. The number of hydrogen-bond acceptors (Lipinski definition) is 7. The summed E-state index contributed by atoms with van der Waals surface area (Å²) in [4.78, 5) is 37.5. The predicted molar refractivity (Wildman–Crippen MR) is 398 cm³/mol. The normalized spacial score (nSPS) is 11.2. The highest BCUT2D eigenvalue weighted by Crippen LogP contribution is 2.52. The number of halogens is 1. The van der Waals surface area contributed by atoms with Crippen LogP contribution in [0.5, 0.6) is 0 Å². The fraction of sp³-hybridized carbons (Fsp3) is 0.107. The van der Waals surface area contributed by atoms with Crippen LogP contribution >= 0.6 is 63.8 Å². The SMILES string of the molecule is CCC(=O)SC(c1ccccc1)(c1ccccc1)c1ccccc1.CCC(=O)SC(c1ccccc1)(c1ccccc1)c1ccccc1.O=C(CBr)SC(c1ccccc1)(c1ccccc1)c1ccccc1.SC(c1ccccc1)(c1ccccc1)c1ccccc1. The number of thiol groups is 1. The van der Waals surface area contributed by atoms with Gasteiger partial charge in [0.25, 0.3) is 0 Å². The average molecular weight is 1340 g/mol. The van der Waals surface area contributed by atoms with Gasteiger partial charge < -0.3 is 0 Å². The number of hydrogen-bond donors (Lipinski definition) is 1. The van der Waals surface area contributed by atoms with E-state index in [-0.39, 0.29) is 15.3 Å². The molecule has 0 N–H and O–H groups in total. The van der Waals surface area contributed by atoms with E-state index in [0.717, 1.165) is 50.1 Å². The average Bonchev–Trinajstić information content (AvgIpc) is 0.803. The Morgan fingerprint density at radius 2 is 0.380 bits per heavy atom. The summed E-state index contributed by atoms with van der Waals surface area (Å²) in [6.07, 6.45) is 1.03. The third-order valence-electron chi connectivity index (χ3n) is 15.7. The Kier molecular flexibility index (Phi) is 25.3. The van der Waals surface area contributed by atoms with Gasteiger partial charge in [0.15, 0.2) is 10.2 Å². The summed E-state index contributed by atoms with van der Waals surface area (Å²) in [5, 5.41) is 0.802. The zero-order chi connectivity index (χ0) is 64.3. The van der Waals surface area contributed by atoms with E-state index in [1.807, 2.05) is 196 Å². The van der Waals surface area contributed by atoms with Crippen molar-refractivity contribution in [2.75, 3.05) is 5.33 Å². The van der Waals surface area contributed by atoms with E-state index in [0.29, 0.717) is 18.2 Å². The molecular formula is C84H73BrO3S4. The van der Waals surface area contributed by atoms with Crippen LogP contribution in [0.15, 0.2) is 364 Å². The Morgan fingerprint density at radius 1 is 0.250 bits per heavy atom. The molecule has 0 aliphatic heterocycles. The molecular weight excluding hydrogens is 1270 g/mol. The lowest BCUT2D eigenvalue weighted by Gasteiger charge is -2.34. The van der Waals surface area contributed by atoms with Crippen LogP contribution in [0.3, 0.4) is 0 Å². The molecule has 12 aromatic carbocycles. The molecule has 12 aromatic rings. The monoisotopic (exact) mass is 1340 g/mol. The fourth-order valence-electron chi connectivity index (χ4n) is 11.3. The summed E-state index contributed by atoms with van der Waals surface area (Å²) in [7, 11) is 0. The van der Waals surface area contributed by atoms with E-state index in [2.05, 4.69) is 198 Å². The summed E-state index contributed by atoms with van der Waals surface area (Å²) in [6, 6.07) is 124. The molecule has 0 aliphatic carbocycles. The lowest BCUT2D eigenvalue weighted by atomic mass is 9.84. The van der Waals surface area contributed by atoms with Crippen LogP contribution in [0.25, 0.3) is 0 Å². The largest absolute Gasteiger partial charge is 0.287 e. The van der Waals surface area contributed by atoms with Gasteiger partial charge in [-0.15, -0.1) is 0 Å². The number of carbonyl (C=O) groups is 3. The van der Waals surface area contributed by atoms with Crippen molar-refractivity contribution in [2.45, 2.75) is 45.7 Å².